The van der Waals surface area contributed by atoms with Crippen molar-refractivity contribution in [3.8, 4) is 6.07 Å². The lowest BCUT2D eigenvalue weighted by Gasteiger charge is -2.06. The number of hydrogen-bond donors (Lipinski definition) is 1. The minimum absolute atomic E-state index is 0.197. The first-order chi connectivity index (χ1) is 9.58. The molecule has 1 amide bonds. The molecule has 0 saturated heterocycles. The molecule has 2 rings (SSSR count). The van der Waals surface area contributed by atoms with Crippen molar-refractivity contribution in [3.05, 3.63) is 68.7 Å². The summed E-state index contributed by atoms with van der Waals surface area (Å²) in [5.41, 5.74) is 2.02. The second-order valence-corrected chi connectivity index (χ2v) is 5.50. The first-order valence-electron chi connectivity index (χ1n) is 5.82. The van der Waals surface area contributed by atoms with Crippen molar-refractivity contribution in [3.63, 3.8) is 0 Å². The Bertz CT molecular complexity index is 657. The fraction of sp³-hybridized carbons (Fsp3) is 0.0667. The Morgan fingerprint density at radius 2 is 1.95 bits per heavy atom. The summed E-state index contributed by atoms with van der Waals surface area (Å²) >= 11 is 9.20. The van der Waals surface area contributed by atoms with Crippen LogP contribution in [0.2, 0.25) is 5.02 Å². The molecule has 0 saturated carbocycles. The Hall–Kier alpha value is -1.83. The second-order valence-electron chi connectivity index (χ2n) is 4.15. The minimum Gasteiger partial charge on any atom is -0.348 e. The predicted octanol–water partition coefficient (Wildman–Crippen LogP) is 3.90. The Kier molecular flexibility index (Phi) is 4.78. The fourth-order valence-corrected chi connectivity index (χ4v) is 2.53. The van der Waals surface area contributed by atoms with Gasteiger partial charge in [-0.25, -0.2) is 0 Å². The maximum absolute atomic E-state index is 12.0. The van der Waals surface area contributed by atoms with Crippen LogP contribution in [0.5, 0.6) is 0 Å². The SMILES string of the molecule is N#Cc1ccc(CNC(=O)c2cc(Cl)cc(Br)c2)cc1. The van der Waals surface area contributed by atoms with Gasteiger partial charge in [0.05, 0.1) is 11.6 Å². The number of amides is 1. The number of benzene rings is 2. The van der Waals surface area contributed by atoms with E-state index in [1.54, 1.807) is 30.3 Å². The quantitative estimate of drug-likeness (QED) is 0.913. The van der Waals surface area contributed by atoms with Crippen LogP contribution in [0.25, 0.3) is 0 Å². The van der Waals surface area contributed by atoms with Gasteiger partial charge in [0.1, 0.15) is 0 Å². The average molecular weight is 350 g/mol. The molecule has 0 fully saturated rings. The first kappa shape index (κ1) is 14.6. The molecule has 0 spiro atoms. The monoisotopic (exact) mass is 348 g/mol. The summed E-state index contributed by atoms with van der Waals surface area (Å²) < 4.78 is 0.758. The lowest BCUT2D eigenvalue weighted by Crippen LogP contribution is -2.22. The Morgan fingerprint density at radius 3 is 2.55 bits per heavy atom. The number of nitrogens with zero attached hydrogens (tertiary/aromatic N) is 1. The number of nitriles is 1. The molecule has 0 unspecified atom stereocenters. The van der Waals surface area contributed by atoms with Gasteiger partial charge in [0.15, 0.2) is 0 Å². The van der Waals surface area contributed by atoms with Crippen LogP contribution in [0.3, 0.4) is 0 Å². The molecule has 5 heteroatoms. The van der Waals surface area contributed by atoms with E-state index in [1.807, 2.05) is 12.1 Å². The minimum atomic E-state index is -0.197. The largest absolute Gasteiger partial charge is 0.348 e. The summed E-state index contributed by atoms with van der Waals surface area (Å²) in [7, 11) is 0. The topological polar surface area (TPSA) is 52.9 Å². The van der Waals surface area contributed by atoms with Crippen molar-refractivity contribution in [1.29, 1.82) is 5.26 Å². The van der Waals surface area contributed by atoms with Crippen molar-refractivity contribution in [2.24, 2.45) is 0 Å². The molecule has 1 N–H and O–H groups in total. The molecule has 2 aromatic rings. The third-order valence-electron chi connectivity index (χ3n) is 2.66. The molecule has 20 heavy (non-hydrogen) atoms. The van der Waals surface area contributed by atoms with E-state index in [1.165, 1.54) is 0 Å². The van der Waals surface area contributed by atoms with Gasteiger partial charge in [0, 0.05) is 21.6 Å². The normalized spacial score (nSPS) is 9.85. The Labute approximate surface area is 130 Å². The smallest absolute Gasteiger partial charge is 0.251 e. The molecule has 0 atom stereocenters. The van der Waals surface area contributed by atoms with Crippen LogP contribution in [0.4, 0.5) is 0 Å². The van der Waals surface area contributed by atoms with E-state index in [0.29, 0.717) is 22.7 Å². The van der Waals surface area contributed by atoms with Crippen LogP contribution < -0.4 is 5.32 Å². The summed E-state index contributed by atoms with van der Waals surface area (Å²) in [4.78, 5) is 12.0. The number of carbonyl (C=O) groups is 1. The molecule has 0 aromatic heterocycles. The number of carbonyl (C=O) groups excluding carboxylic acids is 1. The zero-order valence-electron chi connectivity index (χ0n) is 10.4. The van der Waals surface area contributed by atoms with Crippen molar-refractivity contribution in [2.45, 2.75) is 6.54 Å². The standard InChI is InChI=1S/C15H10BrClN2O/c16-13-5-12(6-14(17)7-13)15(20)19-9-11-3-1-10(8-18)2-4-11/h1-7H,9H2,(H,19,20). The van der Waals surface area contributed by atoms with Gasteiger partial charge >= 0.3 is 0 Å². The van der Waals surface area contributed by atoms with E-state index in [4.69, 9.17) is 16.9 Å². The maximum Gasteiger partial charge on any atom is 0.251 e. The summed E-state index contributed by atoms with van der Waals surface area (Å²) in [6.45, 7) is 0.397. The van der Waals surface area contributed by atoms with Gasteiger partial charge in [-0.3, -0.25) is 4.79 Å². The van der Waals surface area contributed by atoms with E-state index in [-0.39, 0.29) is 5.91 Å². The van der Waals surface area contributed by atoms with Crippen molar-refractivity contribution in [2.75, 3.05) is 0 Å². The summed E-state index contributed by atoms with van der Waals surface area (Å²) in [5, 5.41) is 12.0. The Morgan fingerprint density at radius 1 is 1.25 bits per heavy atom. The average Bonchev–Trinajstić information content (AvgIpc) is 2.44. The third-order valence-corrected chi connectivity index (χ3v) is 3.34. The van der Waals surface area contributed by atoms with Crippen LogP contribution in [-0.2, 0) is 6.54 Å². The second kappa shape index (κ2) is 6.56. The highest BCUT2D eigenvalue weighted by atomic mass is 79.9. The van der Waals surface area contributed by atoms with E-state index in [2.05, 4.69) is 27.3 Å². The molecule has 0 heterocycles. The Balaban J connectivity index is 2.02. The molecule has 0 radical (unpaired) electrons. The third kappa shape index (κ3) is 3.83. The maximum atomic E-state index is 12.0. The van der Waals surface area contributed by atoms with Crippen molar-refractivity contribution in [1.82, 2.24) is 5.32 Å². The zero-order chi connectivity index (χ0) is 14.5. The molecule has 100 valence electrons. The zero-order valence-corrected chi connectivity index (χ0v) is 12.7. The highest BCUT2D eigenvalue weighted by molar-refractivity contribution is 9.10. The highest BCUT2D eigenvalue weighted by Crippen LogP contribution is 2.19. The number of rotatable bonds is 3. The molecule has 0 aliphatic rings. The number of halogens is 2. The van der Waals surface area contributed by atoms with Crippen LogP contribution in [-0.4, -0.2) is 5.91 Å². The fourth-order valence-electron chi connectivity index (χ4n) is 1.67. The van der Waals surface area contributed by atoms with E-state index >= 15 is 0 Å². The van der Waals surface area contributed by atoms with Crippen molar-refractivity contribution < 1.29 is 4.79 Å². The van der Waals surface area contributed by atoms with Gasteiger partial charge in [-0.05, 0) is 35.9 Å². The van der Waals surface area contributed by atoms with Crippen LogP contribution in [0.1, 0.15) is 21.5 Å². The summed E-state index contributed by atoms with van der Waals surface area (Å²) in [6.07, 6.45) is 0. The summed E-state index contributed by atoms with van der Waals surface area (Å²) in [6, 6.07) is 14.2. The molecule has 3 nitrogen and oxygen atoms in total. The van der Waals surface area contributed by atoms with Gasteiger partial charge in [0.2, 0.25) is 0 Å². The molecule has 0 bridgehead atoms. The van der Waals surface area contributed by atoms with Crippen molar-refractivity contribution >= 4 is 33.4 Å². The highest BCUT2D eigenvalue weighted by Gasteiger charge is 2.07. The molecular weight excluding hydrogens is 340 g/mol. The van der Waals surface area contributed by atoms with Crippen LogP contribution in [0, 0.1) is 11.3 Å². The van der Waals surface area contributed by atoms with Gasteiger partial charge in [-0.15, -0.1) is 0 Å². The van der Waals surface area contributed by atoms with E-state index in [0.717, 1.165) is 10.0 Å². The molecule has 2 aromatic carbocycles. The van der Waals surface area contributed by atoms with Crippen LogP contribution >= 0.6 is 27.5 Å². The van der Waals surface area contributed by atoms with Crippen LogP contribution in [0.15, 0.2) is 46.9 Å². The lowest BCUT2D eigenvalue weighted by molar-refractivity contribution is 0.0951. The van der Waals surface area contributed by atoms with Gasteiger partial charge in [0.25, 0.3) is 5.91 Å². The number of nitrogens with one attached hydrogen (secondary N) is 1. The molecule has 0 aliphatic carbocycles. The molecular formula is C15H10BrClN2O. The van der Waals surface area contributed by atoms with Gasteiger partial charge in [-0.1, -0.05) is 39.7 Å². The van der Waals surface area contributed by atoms with Gasteiger partial charge in [-0.2, -0.15) is 5.26 Å². The first-order valence-corrected chi connectivity index (χ1v) is 6.99. The number of hydrogen-bond acceptors (Lipinski definition) is 2. The molecule has 0 aliphatic heterocycles. The van der Waals surface area contributed by atoms with Gasteiger partial charge < -0.3 is 5.32 Å². The van der Waals surface area contributed by atoms with E-state index < -0.39 is 0 Å². The summed E-state index contributed by atoms with van der Waals surface area (Å²) in [5.74, 6) is -0.197. The van der Waals surface area contributed by atoms with E-state index in [9.17, 15) is 4.79 Å². The lowest BCUT2D eigenvalue weighted by atomic mass is 10.1. The predicted molar refractivity (Wildman–Crippen MR) is 81.5 cm³/mol.